The molecule has 2 atom stereocenters. The highest BCUT2D eigenvalue weighted by atomic mass is 16.2. The number of nitrogens with zero attached hydrogens (tertiary/aromatic N) is 1. The molecule has 1 saturated heterocycles. The van der Waals surface area contributed by atoms with Crippen LogP contribution in [0.5, 0.6) is 0 Å². The Hall–Kier alpha value is -1.35. The van der Waals surface area contributed by atoms with Crippen LogP contribution < -0.4 is 5.32 Å². The van der Waals surface area contributed by atoms with Gasteiger partial charge in [-0.25, -0.2) is 0 Å². The summed E-state index contributed by atoms with van der Waals surface area (Å²) >= 11 is 0. The fraction of sp³-hybridized carbons (Fsp3) is 0.588. The molecule has 2 unspecified atom stereocenters. The van der Waals surface area contributed by atoms with Crippen molar-refractivity contribution in [2.75, 3.05) is 6.54 Å². The topological polar surface area (TPSA) is 32.3 Å². The summed E-state index contributed by atoms with van der Waals surface area (Å²) in [5, 5.41) is 3.48. The summed E-state index contributed by atoms with van der Waals surface area (Å²) in [6, 6.07) is 8.44. The fourth-order valence-electron chi connectivity index (χ4n) is 2.63. The Morgan fingerprint density at radius 1 is 1.25 bits per heavy atom. The molecule has 0 aliphatic carbocycles. The lowest BCUT2D eigenvalue weighted by Gasteiger charge is -2.25. The SMILES string of the molecule is CCC1NC(c2ccc(C)cc2)N(CCC(C)C)C1=O. The Kier molecular flexibility index (Phi) is 4.81. The maximum absolute atomic E-state index is 12.5. The zero-order valence-electron chi connectivity index (χ0n) is 13.0. The smallest absolute Gasteiger partial charge is 0.241 e. The lowest BCUT2D eigenvalue weighted by Crippen LogP contribution is -2.32. The number of hydrogen-bond acceptors (Lipinski definition) is 2. The second-order valence-corrected chi connectivity index (χ2v) is 6.15. The number of aryl methyl sites for hydroxylation is 1. The van der Waals surface area contributed by atoms with Crippen LogP contribution in [0.4, 0.5) is 0 Å². The highest BCUT2D eigenvalue weighted by molar-refractivity contribution is 5.84. The third-order valence-electron chi connectivity index (χ3n) is 4.00. The zero-order chi connectivity index (χ0) is 14.7. The van der Waals surface area contributed by atoms with E-state index >= 15 is 0 Å². The van der Waals surface area contributed by atoms with Crippen LogP contribution in [0.2, 0.25) is 0 Å². The fourth-order valence-corrected chi connectivity index (χ4v) is 2.63. The summed E-state index contributed by atoms with van der Waals surface area (Å²) in [5.41, 5.74) is 2.43. The lowest BCUT2D eigenvalue weighted by molar-refractivity contribution is -0.130. The van der Waals surface area contributed by atoms with Crippen molar-refractivity contribution in [3.05, 3.63) is 35.4 Å². The summed E-state index contributed by atoms with van der Waals surface area (Å²) in [6.45, 7) is 9.38. The molecular formula is C17H26N2O. The average Bonchev–Trinajstić information content (AvgIpc) is 2.74. The highest BCUT2D eigenvalue weighted by Gasteiger charge is 2.38. The van der Waals surface area contributed by atoms with E-state index in [2.05, 4.69) is 57.3 Å². The molecule has 3 heteroatoms. The van der Waals surface area contributed by atoms with Gasteiger partial charge in [0.25, 0.3) is 0 Å². The van der Waals surface area contributed by atoms with Crippen molar-refractivity contribution in [2.24, 2.45) is 5.92 Å². The third-order valence-corrected chi connectivity index (χ3v) is 4.00. The van der Waals surface area contributed by atoms with Gasteiger partial charge in [-0.3, -0.25) is 10.1 Å². The molecule has 1 N–H and O–H groups in total. The van der Waals surface area contributed by atoms with Crippen LogP contribution in [0.25, 0.3) is 0 Å². The molecule has 1 aromatic rings. The molecule has 0 saturated carbocycles. The molecular weight excluding hydrogens is 248 g/mol. The molecule has 1 aromatic carbocycles. The van der Waals surface area contributed by atoms with Crippen molar-refractivity contribution >= 4 is 5.91 Å². The maximum Gasteiger partial charge on any atom is 0.241 e. The summed E-state index contributed by atoms with van der Waals surface area (Å²) < 4.78 is 0. The van der Waals surface area contributed by atoms with E-state index in [9.17, 15) is 4.79 Å². The van der Waals surface area contributed by atoms with Gasteiger partial charge in [-0.1, -0.05) is 50.6 Å². The van der Waals surface area contributed by atoms with E-state index in [0.717, 1.165) is 19.4 Å². The summed E-state index contributed by atoms with van der Waals surface area (Å²) in [7, 11) is 0. The minimum Gasteiger partial charge on any atom is -0.322 e. The normalized spacial score (nSPS) is 22.9. The van der Waals surface area contributed by atoms with Crippen molar-refractivity contribution in [2.45, 2.75) is 52.7 Å². The van der Waals surface area contributed by atoms with Crippen molar-refractivity contribution in [3.63, 3.8) is 0 Å². The van der Waals surface area contributed by atoms with E-state index in [4.69, 9.17) is 0 Å². The van der Waals surface area contributed by atoms with Gasteiger partial charge in [0.15, 0.2) is 0 Å². The van der Waals surface area contributed by atoms with Gasteiger partial charge in [0.1, 0.15) is 6.17 Å². The average molecular weight is 274 g/mol. The molecule has 110 valence electrons. The Morgan fingerprint density at radius 3 is 2.45 bits per heavy atom. The van der Waals surface area contributed by atoms with E-state index < -0.39 is 0 Å². The molecule has 1 amide bonds. The monoisotopic (exact) mass is 274 g/mol. The van der Waals surface area contributed by atoms with Gasteiger partial charge in [0.05, 0.1) is 6.04 Å². The molecule has 0 spiro atoms. The van der Waals surface area contributed by atoms with Crippen LogP contribution in [-0.4, -0.2) is 23.4 Å². The summed E-state index contributed by atoms with van der Waals surface area (Å²) in [5.74, 6) is 0.862. The first-order chi connectivity index (χ1) is 9.52. The van der Waals surface area contributed by atoms with Crippen molar-refractivity contribution in [1.29, 1.82) is 0 Å². The van der Waals surface area contributed by atoms with Gasteiger partial charge >= 0.3 is 0 Å². The molecule has 0 aromatic heterocycles. The van der Waals surface area contributed by atoms with E-state index in [-0.39, 0.29) is 18.1 Å². The summed E-state index contributed by atoms with van der Waals surface area (Å²) in [4.78, 5) is 14.5. The standard InChI is InChI=1S/C17H26N2O/c1-5-15-17(20)19(11-10-12(2)3)16(18-15)14-8-6-13(4)7-9-14/h6-9,12,15-16,18H,5,10-11H2,1-4H3. The number of rotatable bonds is 5. The van der Waals surface area contributed by atoms with E-state index in [1.807, 2.05) is 4.90 Å². The number of carbonyl (C=O) groups excluding carboxylic acids is 1. The third kappa shape index (κ3) is 3.21. The van der Waals surface area contributed by atoms with Crippen molar-refractivity contribution in [3.8, 4) is 0 Å². The molecule has 1 aliphatic rings. The number of hydrogen-bond donors (Lipinski definition) is 1. The Bertz CT molecular complexity index is 453. The predicted octanol–water partition coefficient (Wildman–Crippen LogP) is 3.25. The minimum atomic E-state index is -0.0338. The van der Waals surface area contributed by atoms with Crippen LogP contribution in [0.15, 0.2) is 24.3 Å². The number of carbonyl (C=O) groups is 1. The number of amides is 1. The zero-order valence-corrected chi connectivity index (χ0v) is 13.0. The number of nitrogens with one attached hydrogen (secondary N) is 1. The quantitative estimate of drug-likeness (QED) is 0.894. The Morgan fingerprint density at radius 2 is 1.90 bits per heavy atom. The molecule has 2 rings (SSSR count). The van der Waals surface area contributed by atoms with E-state index in [1.165, 1.54) is 11.1 Å². The van der Waals surface area contributed by atoms with Crippen LogP contribution in [0, 0.1) is 12.8 Å². The second-order valence-electron chi connectivity index (χ2n) is 6.15. The Labute approximate surface area is 122 Å². The first-order valence-corrected chi connectivity index (χ1v) is 7.66. The van der Waals surface area contributed by atoms with Crippen LogP contribution >= 0.6 is 0 Å². The highest BCUT2D eigenvalue weighted by Crippen LogP contribution is 2.27. The molecule has 1 aliphatic heterocycles. The lowest BCUT2D eigenvalue weighted by atomic mass is 10.1. The van der Waals surface area contributed by atoms with Gasteiger partial charge < -0.3 is 4.90 Å². The largest absolute Gasteiger partial charge is 0.322 e. The van der Waals surface area contributed by atoms with Crippen LogP contribution in [0.1, 0.15) is 50.9 Å². The Balaban J connectivity index is 2.19. The molecule has 0 radical (unpaired) electrons. The maximum atomic E-state index is 12.5. The van der Waals surface area contributed by atoms with Gasteiger partial charge in [0.2, 0.25) is 5.91 Å². The minimum absolute atomic E-state index is 0.0338. The van der Waals surface area contributed by atoms with Gasteiger partial charge in [-0.2, -0.15) is 0 Å². The molecule has 0 bridgehead atoms. The summed E-state index contributed by atoms with van der Waals surface area (Å²) in [6.07, 6.45) is 1.93. The molecule has 3 nitrogen and oxygen atoms in total. The van der Waals surface area contributed by atoms with Gasteiger partial charge in [0, 0.05) is 6.54 Å². The second kappa shape index (κ2) is 6.40. The van der Waals surface area contributed by atoms with Crippen LogP contribution in [0.3, 0.4) is 0 Å². The first-order valence-electron chi connectivity index (χ1n) is 7.66. The van der Waals surface area contributed by atoms with Gasteiger partial charge in [-0.05, 0) is 31.2 Å². The van der Waals surface area contributed by atoms with E-state index in [0.29, 0.717) is 5.92 Å². The molecule has 1 fully saturated rings. The van der Waals surface area contributed by atoms with Crippen molar-refractivity contribution < 1.29 is 4.79 Å². The molecule has 20 heavy (non-hydrogen) atoms. The van der Waals surface area contributed by atoms with E-state index in [1.54, 1.807) is 0 Å². The first kappa shape index (κ1) is 15.0. The molecule has 1 heterocycles. The van der Waals surface area contributed by atoms with Crippen molar-refractivity contribution in [1.82, 2.24) is 10.2 Å². The number of benzene rings is 1. The van der Waals surface area contributed by atoms with Gasteiger partial charge in [-0.15, -0.1) is 0 Å². The predicted molar refractivity (Wildman–Crippen MR) is 82.3 cm³/mol. The van der Waals surface area contributed by atoms with Crippen LogP contribution in [-0.2, 0) is 4.79 Å².